The lowest BCUT2D eigenvalue weighted by atomic mass is 9.83. The van der Waals surface area contributed by atoms with Gasteiger partial charge in [0.25, 0.3) is 0 Å². The van der Waals surface area contributed by atoms with Crippen LogP contribution >= 0.6 is 11.3 Å². The first-order valence-electron chi connectivity index (χ1n) is 5.67. The second-order valence-electron chi connectivity index (χ2n) is 4.68. The van der Waals surface area contributed by atoms with Crippen molar-refractivity contribution in [3.05, 3.63) is 22.4 Å². The zero-order chi connectivity index (χ0) is 10.3. The van der Waals surface area contributed by atoms with Gasteiger partial charge in [-0.05, 0) is 48.1 Å². The minimum absolute atomic E-state index is 0.213. The largest absolute Gasteiger partial charge is 0.392 e. The van der Waals surface area contributed by atoms with E-state index >= 15 is 0 Å². The summed E-state index contributed by atoms with van der Waals surface area (Å²) in [4.78, 5) is 0. The maximum absolute atomic E-state index is 10.2. The van der Waals surface area contributed by atoms with Gasteiger partial charge >= 0.3 is 0 Å². The number of hydrogen-bond acceptors (Lipinski definition) is 3. The first-order valence-corrected chi connectivity index (χ1v) is 6.62. The highest BCUT2D eigenvalue weighted by molar-refractivity contribution is 7.07. The van der Waals surface area contributed by atoms with Crippen molar-refractivity contribution in [2.75, 3.05) is 0 Å². The fourth-order valence-corrected chi connectivity index (χ4v) is 3.57. The molecule has 0 aromatic carbocycles. The summed E-state index contributed by atoms with van der Waals surface area (Å²) in [6.07, 6.45) is 4.77. The summed E-state index contributed by atoms with van der Waals surface area (Å²) < 4.78 is 5.77. The molecule has 3 heterocycles. The molecule has 2 aliphatic heterocycles. The van der Waals surface area contributed by atoms with Crippen LogP contribution in [-0.4, -0.2) is 23.4 Å². The summed E-state index contributed by atoms with van der Waals surface area (Å²) in [5.74, 6) is 0.378. The molecule has 2 fully saturated rings. The molecule has 0 aliphatic carbocycles. The van der Waals surface area contributed by atoms with Crippen molar-refractivity contribution < 1.29 is 9.84 Å². The topological polar surface area (TPSA) is 29.5 Å². The molecule has 3 rings (SSSR count). The van der Waals surface area contributed by atoms with Gasteiger partial charge in [-0.25, -0.2) is 0 Å². The predicted octanol–water partition coefficient (Wildman–Crippen LogP) is 2.22. The van der Waals surface area contributed by atoms with Gasteiger partial charge in [-0.2, -0.15) is 11.3 Å². The molecule has 3 heteroatoms. The number of fused-ring (bicyclic) bond motifs is 2. The molecule has 1 aromatic heterocycles. The maximum atomic E-state index is 10.2. The lowest BCUT2D eigenvalue weighted by Gasteiger charge is -2.23. The lowest BCUT2D eigenvalue weighted by Crippen LogP contribution is -2.30. The first kappa shape index (κ1) is 9.82. The van der Waals surface area contributed by atoms with Crippen LogP contribution in [0.4, 0.5) is 0 Å². The summed E-state index contributed by atoms with van der Waals surface area (Å²) in [7, 11) is 0. The Hall–Kier alpha value is -0.380. The van der Waals surface area contributed by atoms with Gasteiger partial charge in [0.2, 0.25) is 0 Å². The Kier molecular flexibility index (Phi) is 2.54. The van der Waals surface area contributed by atoms with E-state index in [9.17, 15) is 5.11 Å². The van der Waals surface area contributed by atoms with Crippen molar-refractivity contribution in [2.45, 2.75) is 44.0 Å². The number of hydrogen-bond donors (Lipinski definition) is 1. The second kappa shape index (κ2) is 3.89. The van der Waals surface area contributed by atoms with E-state index in [0.29, 0.717) is 18.1 Å². The summed E-state index contributed by atoms with van der Waals surface area (Å²) in [6.45, 7) is 0. The Morgan fingerprint density at radius 1 is 1.53 bits per heavy atom. The Morgan fingerprint density at radius 3 is 3.07 bits per heavy atom. The van der Waals surface area contributed by atoms with E-state index in [1.807, 2.05) is 0 Å². The molecule has 2 nitrogen and oxygen atoms in total. The molecular formula is C12H16O2S. The predicted molar refractivity (Wildman–Crippen MR) is 60.0 cm³/mol. The summed E-state index contributed by atoms with van der Waals surface area (Å²) in [5.41, 5.74) is 1.26. The molecule has 0 amide bonds. The fraction of sp³-hybridized carbons (Fsp3) is 0.667. The van der Waals surface area contributed by atoms with Crippen molar-refractivity contribution in [2.24, 2.45) is 5.92 Å². The molecule has 4 unspecified atom stereocenters. The molecule has 2 saturated heterocycles. The number of aliphatic hydroxyl groups is 1. The summed E-state index contributed by atoms with van der Waals surface area (Å²) in [6, 6.07) is 2.10. The van der Waals surface area contributed by atoms with Gasteiger partial charge in [-0.3, -0.25) is 0 Å². The molecule has 1 aromatic rings. The van der Waals surface area contributed by atoms with Crippen LogP contribution in [0.1, 0.15) is 24.8 Å². The zero-order valence-electron chi connectivity index (χ0n) is 8.63. The van der Waals surface area contributed by atoms with Crippen LogP contribution in [0.15, 0.2) is 16.8 Å². The van der Waals surface area contributed by atoms with Crippen LogP contribution < -0.4 is 0 Å². The highest BCUT2D eigenvalue weighted by atomic mass is 32.1. The smallest absolute Gasteiger partial charge is 0.0634 e. The monoisotopic (exact) mass is 224 g/mol. The van der Waals surface area contributed by atoms with E-state index in [2.05, 4.69) is 16.8 Å². The molecule has 15 heavy (non-hydrogen) atoms. The third kappa shape index (κ3) is 1.84. The molecular weight excluding hydrogens is 208 g/mol. The normalized spacial score (nSPS) is 35.9. The fourth-order valence-electron chi connectivity index (χ4n) is 2.88. The van der Waals surface area contributed by atoms with Gasteiger partial charge in [0.15, 0.2) is 0 Å². The number of rotatable bonds is 3. The highest BCUT2D eigenvalue weighted by Crippen LogP contribution is 2.41. The van der Waals surface area contributed by atoms with Crippen LogP contribution in [0.25, 0.3) is 0 Å². The van der Waals surface area contributed by atoms with Crippen molar-refractivity contribution >= 4 is 11.3 Å². The van der Waals surface area contributed by atoms with Crippen molar-refractivity contribution in [1.29, 1.82) is 0 Å². The molecule has 0 radical (unpaired) electrons. The molecule has 0 spiro atoms. The average Bonchev–Trinajstić information content (AvgIpc) is 2.93. The third-order valence-corrected chi connectivity index (χ3v) is 4.40. The van der Waals surface area contributed by atoms with E-state index in [1.54, 1.807) is 11.3 Å². The van der Waals surface area contributed by atoms with E-state index < -0.39 is 0 Å². The molecule has 4 atom stereocenters. The second-order valence-corrected chi connectivity index (χ2v) is 5.46. The van der Waals surface area contributed by atoms with Crippen LogP contribution in [0.3, 0.4) is 0 Å². The van der Waals surface area contributed by atoms with Gasteiger partial charge in [0.1, 0.15) is 0 Å². The average molecular weight is 224 g/mol. The van der Waals surface area contributed by atoms with E-state index in [0.717, 1.165) is 19.3 Å². The number of ether oxygens (including phenoxy) is 1. The summed E-state index contributed by atoms with van der Waals surface area (Å²) >= 11 is 1.70. The van der Waals surface area contributed by atoms with Crippen LogP contribution in [0, 0.1) is 5.92 Å². The SMILES string of the molecule is OC(Cc1ccsc1)C1CC2CCC1O2. The minimum Gasteiger partial charge on any atom is -0.392 e. The van der Waals surface area contributed by atoms with Gasteiger partial charge in [0.05, 0.1) is 18.3 Å². The Labute approximate surface area is 93.9 Å². The van der Waals surface area contributed by atoms with Crippen molar-refractivity contribution in [3.63, 3.8) is 0 Å². The van der Waals surface area contributed by atoms with Gasteiger partial charge < -0.3 is 9.84 Å². The zero-order valence-corrected chi connectivity index (χ0v) is 9.45. The van der Waals surface area contributed by atoms with Crippen LogP contribution in [0.5, 0.6) is 0 Å². The van der Waals surface area contributed by atoms with Crippen LogP contribution in [0.2, 0.25) is 0 Å². The maximum Gasteiger partial charge on any atom is 0.0634 e. The standard InChI is InChI=1S/C12H16O2S/c13-11(5-8-3-4-15-7-8)10-6-9-1-2-12(10)14-9/h3-4,7,9-13H,1-2,5-6H2. The van der Waals surface area contributed by atoms with Crippen molar-refractivity contribution in [3.8, 4) is 0 Å². The van der Waals surface area contributed by atoms with E-state index in [4.69, 9.17) is 4.74 Å². The van der Waals surface area contributed by atoms with E-state index in [-0.39, 0.29) is 6.10 Å². The first-order chi connectivity index (χ1) is 7.33. The van der Waals surface area contributed by atoms with Gasteiger partial charge in [-0.15, -0.1) is 0 Å². The van der Waals surface area contributed by atoms with Gasteiger partial charge in [-0.1, -0.05) is 0 Å². The molecule has 82 valence electrons. The summed E-state index contributed by atoms with van der Waals surface area (Å²) in [5, 5.41) is 14.4. The number of thiophene rings is 1. The Morgan fingerprint density at radius 2 is 2.47 bits per heavy atom. The molecule has 2 aliphatic rings. The Balaban J connectivity index is 1.63. The highest BCUT2D eigenvalue weighted by Gasteiger charge is 2.43. The lowest BCUT2D eigenvalue weighted by molar-refractivity contribution is 0.0432. The minimum atomic E-state index is -0.213. The number of aliphatic hydroxyl groups excluding tert-OH is 1. The molecule has 0 saturated carbocycles. The van der Waals surface area contributed by atoms with E-state index in [1.165, 1.54) is 12.0 Å². The Bertz CT molecular complexity index is 322. The third-order valence-electron chi connectivity index (χ3n) is 3.67. The van der Waals surface area contributed by atoms with Gasteiger partial charge in [0, 0.05) is 5.92 Å². The molecule has 1 N–H and O–H groups in total. The molecule has 2 bridgehead atoms. The quantitative estimate of drug-likeness (QED) is 0.853. The van der Waals surface area contributed by atoms with Crippen LogP contribution in [-0.2, 0) is 11.2 Å². The van der Waals surface area contributed by atoms with Crippen molar-refractivity contribution in [1.82, 2.24) is 0 Å².